The van der Waals surface area contributed by atoms with Gasteiger partial charge in [0.25, 0.3) is 0 Å². The molecule has 0 fully saturated rings. The van der Waals surface area contributed by atoms with Gasteiger partial charge in [-0.25, -0.2) is 0 Å². The van der Waals surface area contributed by atoms with Crippen molar-refractivity contribution in [3.8, 4) is 78.4 Å². The lowest BCUT2D eigenvalue weighted by atomic mass is 9.81. The number of benzene rings is 18. The maximum Gasteiger partial charge on any atom is 0.0541 e. The van der Waals surface area contributed by atoms with Crippen LogP contribution in [0.1, 0.15) is 49.9 Å². The highest BCUT2D eigenvalue weighted by molar-refractivity contribution is 6.14. The summed E-state index contributed by atoms with van der Waals surface area (Å²) in [4.78, 5) is 4.80. The van der Waals surface area contributed by atoms with Gasteiger partial charge < -0.3 is 28.1 Å². The monoisotopic (exact) mass is 1530 g/mol. The Kier molecular flexibility index (Phi) is 15.3. The quantitative estimate of drug-likeness (QED) is 0.115. The number of fused-ring (bicyclic) bond motifs is 18. The fourth-order valence-electron chi connectivity index (χ4n) is 20.5. The van der Waals surface area contributed by atoms with Gasteiger partial charge in [-0.2, -0.15) is 0 Å². The maximum absolute atomic E-state index is 2.49. The summed E-state index contributed by atoms with van der Waals surface area (Å²) in [6, 6.07) is 153. The van der Waals surface area contributed by atoms with E-state index < -0.39 is 0 Å². The summed E-state index contributed by atoms with van der Waals surface area (Å²) < 4.78 is 9.73. The number of aromatic nitrogens is 4. The van der Waals surface area contributed by atoms with Crippen LogP contribution in [0.4, 0.5) is 34.1 Å². The molecule has 18 aromatic carbocycles. The van der Waals surface area contributed by atoms with Crippen LogP contribution < -0.4 is 9.80 Å². The van der Waals surface area contributed by atoms with Gasteiger partial charge in [0.2, 0.25) is 0 Å². The third kappa shape index (κ3) is 10.6. The minimum atomic E-state index is -0.308. The lowest BCUT2D eigenvalue weighted by molar-refractivity contribution is 0.659. The number of hydrogen-bond acceptors (Lipinski definition) is 2. The molecule has 120 heavy (non-hydrogen) atoms. The molecular weight excluding hydrogens is 1450 g/mol. The topological polar surface area (TPSA) is 26.2 Å². The van der Waals surface area contributed by atoms with Crippen LogP contribution in [-0.4, -0.2) is 18.3 Å². The van der Waals surface area contributed by atoms with Crippen molar-refractivity contribution in [2.24, 2.45) is 0 Å². The Bertz CT molecular complexity index is 7820. The van der Waals surface area contributed by atoms with Gasteiger partial charge >= 0.3 is 0 Å². The Labute approximate surface area is 696 Å². The van der Waals surface area contributed by atoms with Crippen molar-refractivity contribution in [1.29, 1.82) is 0 Å². The molecule has 0 unspecified atom stereocenters. The summed E-state index contributed by atoms with van der Waals surface area (Å²) in [5.41, 5.74) is 37.8. The molecule has 0 spiro atoms. The van der Waals surface area contributed by atoms with E-state index in [-0.39, 0.29) is 10.8 Å². The predicted molar refractivity (Wildman–Crippen MR) is 505 cm³/mol. The minimum Gasteiger partial charge on any atom is -0.311 e. The molecule has 2 aliphatic rings. The van der Waals surface area contributed by atoms with Crippen molar-refractivity contribution in [2.45, 2.75) is 38.5 Å². The number of nitrogens with zero attached hydrogens (tertiary/aromatic N) is 6. The Morgan fingerprint density at radius 2 is 0.392 bits per heavy atom. The highest BCUT2D eigenvalue weighted by Gasteiger charge is 2.39. The van der Waals surface area contributed by atoms with Gasteiger partial charge in [-0.3, -0.25) is 0 Å². The summed E-state index contributed by atoms with van der Waals surface area (Å²) in [5.74, 6) is 0. The number of anilines is 6. The third-order valence-electron chi connectivity index (χ3n) is 26.4. The minimum absolute atomic E-state index is 0.258. The first kappa shape index (κ1) is 69.1. The molecule has 2 aliphatic carbocycles. The summed E-state index contributed by atoms with van der Waals surface area (Å²) in [5, 5.41) is 9.98. The van der Waals surface area contributed by atoms with Crippen molar-refractivity contribution < 1.29 is 0 Å². The Morgan fingerprint density at radius 1 is 0.167 bits per heavy atom. The standard InChI is InChI=1S/C114H80N6/c1-113(2)101-69-85(57-61-89(101)91-63-59-87(71-103(91)113)119-107-35-19-13-29-95(107)96-30-14-20-36-108(96)119)116(80-25-9-6-10-26-80)86-58-62-90-92-64-60-88(72-104(92)114(3,4)102(90)70-86)120-110-38-22-16-32-98(110)100-68-78(48-66-112(100)120)77-47-65-111-99(67-77)97-31-15-21-37-109(97)118(111)84-55-45-76(46-56-84)74-41-51-82(52-42-74)115(79-23-7-5-8-24-79)81-49-39-73(40-50-81)75-43-53-83(54-44-75)117-105-33-17-11-27-93(105)94-28-12-18-34-106(94)117/h5-72H,1-4H3. The van der Waals surface area contributed by atoms with E-state index in [1.54, 1.807) is 0 Å². The molecule has 6 nitrogen and oxygen atoms in total. The predicted octanol–water partition coefficient (Wildman–Crippen LogP) is 30.6. The van der Waals surface area contributed by atoms with Crippen LogP contribution in [0.5, 0.6) is 0 Å². The van der Waals surface area contributed by atoms with E-state index in [4.69, 9.17) is 0 Å². The average Bonchev–Trinajstić information content (AvgIpc) is 1.57. The number of rotatable bonds is 13. The number of hydrogen-bond donors (Lipinski definition) is 0. The second-order valence-corrected chi connectivity index (χ2v) is 33.6. The Hall–Kier alpha value is -15.2. The van der Waals surface area contributed by atoms with Gasteiger partial charge in [-0.15, -0.1) is 0 Å². The highest BCUT2D eigenvalue weighted by atomic mass is 15.1. The van der Waals surface area contributed by atoms with Gasteiger partial charge in [0.05, 0.1) is 44.1 Å². The summed E-state index contributed by atoms with van der Waals surface area (Å²) in [6.45, 7) is 9.64. The first-order chi connectivity index (χ1) is 59.0. The van der Waals surface area contributed by atoms with Crippen molar-refractivity contribution in [3.63, 3.8) is 0 Å². The molecule has 566 valence electrons. The lowest BCUT2D eigenvalue weighted by Gasteiger charge is -2.29. The molecular formula is C114H80N6. The highest BCUT2D eigenvalue weighted by Crippen LogP contribution is 2.55. The molecule has 22 aromatic rings. The van der Waals surface area contributed by atoms with E-state index in [0.717, 1.165) is 62.3 Å². The molecule has 6 heteroatoms. The van der Waals surface area contributed by atoms with Crippen LogP contribution in [0.3, 0.4) is 0 Å². The fraction of sp³-hybridized carbons (Fsp3) is 0.0526. The smallest absolute Gasteiger partial charge is 0.0541 e. The van der Waals surface area contributed by atoms with Gasteiger partial charge in [0.1, 0.15) is 0 Å². The lowest BCUT2D eigenvalue weighted by Crippen LogP contribution is -2.18. The van der Waals surface area contributed by atoms with E-state index in [2.05, 4.69) is 468 Å². The van der Waals surface area contributed by atoms with E-state index >= 15 is 0 Å². The van der Waals surface area contributed by atoms with E-state index in [1.807, 2.05) is 0 Å². The molecule has 0 amide bonds. The largest absolute Gasteiger partial charge is 0.311 e. The second-order valence-electron chi connectivity index (χ2n) is 33.6. The number of para-hydroxylation sites is 8. The Balaban J connectivity index is 0.505. The molecule has 0 N–H and O–H groups in total. The van der Waals surface area contributed by atoms with Gasteiger partial charge in [-0.1, -0.05) is 258 Å². The van der Waals surface area contributed by atoms with Crippen LogP contribution in [-0.2, 0) is 10.8 Å². The molecule has 0 atom stereocenters. The molecule has 4 aromatic heterocycles. The van der Waals surface area contributed by atoms with Gasteiger partial charge in [-0.05, 0) is 260 Å². The van der Waals surface area contributed by atoms with Crippen molar-refractivity contribution >= 4 is 121 Å². The second kappa shape index (κ2) is 26.7. The first-order valence-electron chi connectivity index (χ1n) is 41.8. The van der Waals surface area contributed by atoms with E-state index in [0.29, 0.717) is 0 Å². The van der Waals surface area contributed by atoms with Crippen molar-refractivity contribution in [3.05, 3.63) is 435 Å². The molecule has 0 saturated heterocycles. The van der Waals surface area contributed by atoms with Crippen LogP contribution in [0.2, 0.25) is 0 Å². The van der Waals surface area contributed by atoms with Gasteiger partial charge in [0.15, 0.2) is 0 Å². The van der Waals surface area contributed by atoms with Crippen LogP contribution >= 0.6 is 0 Å². The van der Waals surface area contributed by atoms with Crippen LogP contribution in [0.25, 0.3) is 166 Å². The van der Waals surface area contributed by atoms with Crippen molar-refractivity contribution in [1.82, 2.24) is 18.3 Å². The first-order valence-corrected chi connectivity index (χ1v) is 41.8. The van der Waals surface area contributed by atoms with Crippen LogP contribution in [0.15, 0.2) is 413 Å². The SMILES string of the molecule is CC1(C)c2cc(N(c3ccccc3)c3ccc4c(c3)C(C)(C)c3cc(-n5c6ccccc6c6cc(-c7ccc8c(c7)c7ccccc7n8-c7ccc(-c8ccc(N(c9ccccc9)c9ccc(-c%10ccc(-n%11c%12ccccc%12c%12ccccc%12%11)cc%10)cc9)cc8)cc7)ccc65)ccc3-4)ccc2-c2ccc(-n3c4ccccc4c4ccccc43)cc21. The van der Waals surface area contributed by atoms with E-state index in [1.165, 1.54) is 160 Å². The molecule has 0 saturated carbocycles. The van der Waals surface area contributed by atoms with Crippen LogP contribution in [0, 0.1) is 0 Å². The summed E-state index contributed by atoms with van der Waals surface area (Å²) in [6.07, 6.45) is 0. The zero-order valence-corrected chi connectivity index (χ0v) is 66.9. The van der Waals surface area contributed by atoms with Gasteiger partial charge in [0, 0.05) is 111 Å². The molecule has 0 bridgehead atoms. The molecule has 0 aliphatic heterocycles. The molecule has 24 rings (SSSR count). The summed E-state index contributed by atoms with van der Waals surface area (Å²) in [7, 11) is 0. The average molecular weight is 1530 g/mol. The van der Waals surface area contributed by atoms with Crippen molar-refractivity contribution in [2.75, 3.05) is 9.80 Å². The normalized spacial score (nSPS) is 13.1. The maximum atomic E-state index is 2.49. The molecule has 0 radical (unpaired) electrons. The fourth-order valence-corrected chi connectivity index (χ4v) is 20.5. The zero-order chi connectivity index (χ0) is 79.6. The zero-order valence-electron chi connectivity index (χ0n) is 66.9. The Morgan fingerprint density at radius 3 is 0.725 bits per heavy atom. The van der Waals surface area contributed by atoms with E-state index in [9.17, 15) is 0 Å². The third-order valence-corrected chi connectivity index (χ3v) is 26.4. The summed E-state index contributed by atoms with van der Waals surface area (Å²) >= 11 is 0. The molecule has 4 heterocycles.